The lowest BCUT2D eigenvalue weighted by Crippen LogP contribution is -2.31. The van der Waals surface area contributed by atoms with Crippen molar-refractivity contribution in [1.82, 2.24) is 14.5 Å². The molecule has 0 fully saturated rings. The lowest BCUT2D eigenvalue weighted by molar-refractivity contribution is 0.102. The molecule has 0 spiro atoms. The quantitative estimate of drug-likeness (QED) is 0.721. The standard InChI is InChI=1S/C19H28N4O3S/c1-6-23(7-2)27(25,26)18-12-15(9-8-14(18)5)20-19(24)17-11-16(21-22-17)10-13(3)4/h8-9,11-13H,6-7,10H2,1-5H3,(H,20,24)(H,21,22). The predicted molar refractivity (Wildman–Crippen MR) is 106 cm³/mol. The SMILES string of the molecule is CCN(CC)S(=O)(=O)c1cc(NC(=O)c2cc(CC(C)C)[nH]n2)ccc1C. The molecule has 0 saturated heterocycles. The Hall–Kier alpha value is -2.19. The van der Waals surface area contributed by atoms with Gasteiger partial charge in [0.25, 0.3) is 5.91 Å². The number of carbonyl (C=O) groups is 1. The van der Waals surface area contributed by atoms with Crippen molar-refractivity contribution in [3.05, 3.63) is 41.2 Å². The third kappa shape index (κ3) is 4.95. The first kappa shape index (κ1) is 21.1. The van der Waals surface area contributed by atoms with E-state index in [1.54, 1.807) is 39.0 Å². The number of nitrogens with zero attached hydrogens (tertiary/aromatic N) is 2. The van der Waals surface area contributed by atoms with Gasteiger partial charge in [-0.1, -0.05) is 33.8 Å². The Morgan fingerprint density at radius 3 is 2.48 bits per heavy atom. The first-order chi connectivity index (χ1) is 12.7. The molecule has 0 aliphatic heterocycles. The van der Waals surface area contributed by atoms with E-state index in [0.717, 1.165) is 12.1 Å². The van der Waals surface area contributed by atoms with Crippen molar-refractivity contribution in [2.24, 2.45) is 5.92 Å². The van der Waals surface area contributed by atoms with E-state index in [1.165, 1.54) is 10.4 Å². The van der Waals surface area contributed by atoms with Gasteiger partial charge in [0, 0.05) is 24.5 Å². The fourth-order valence-corrected chi connectivity index (χ4v) is 4.58. The number of carbonyl (C=O) groups excluding carboxylic acids is 1. The Kier molecular flexibility index (Phi) is 6.78. The molecule has 2 aromatic rings. The molecule has 0 saturated carbocycles. The van der Waals surface area contributed by atoms with Crippen LogP contribution in [0.15, 0.2) is 29.2 Å². The lowest BCUT2D eigenvalue weighted by atomic mass is 10.1. The lowest BCUT2D eigenvalue weighted by Gasteiger charge is -2.20. The highest BCUT2D eigenvalue weighted by Gasteiger charge is 2.24. The van der Waals surface area contributed by atoms with Gasteiger partial charge in [0.2, 0.25) is 10.0 Å². The second-order valence-corrected chi connectivity index (χ2v) is 8.81. The van der Waals surface area contributed by atoms with Crippen molar-refractivity contribution < 1.29 is 13.2 Å². The summed E-state index contributed by atoms with van der Waals surface area (Å²) < 4.78 is 27.0. The minimum atomic E-state index is -3.60. The zero-order valence-electron chi connectivity index (χ0n) is 16.5. The highest BCUT2D eigenvalue weighted by Crippen LogP contribution is 2.24. The summed E-state index contributed by atoms with van der Waals surface area (Å²) >= 11 is 0. The van der Waals surface area contributed by atoms with E-state index in [9.17, 15) is 13.2 Å². The van der Waals surface area contributed by atoms with Crippen LogP contribution in [0.1, 0.15) is 49.4 Å². The molecule has 1 heterocycles. The molecule has 1 aromatic carbocycles. The Morgan fingerprint density at radius 1 is 1.22 bits per heavy atom. The van der Waals surface area contributed by atoms with E-state index in [2.05, 4.69) is 29.4 Å². The van der Waals surface area contributed by atoms with Crippen molar-refractivity contribution in [3.63, 3.8) is 0 Å². The number of hydrogen-bond acceptors (Lipinski definition) is 4. The fourth-order valence-electron chi connectivity index (χ4n) is 2.88. The van der Waals surface area contributed by atoms with Gasteiger partial charge in [0.1, 0.15) is 0 Å². The Morgan fingerprint density at radius 2 is 1.89 bits per heavy atom. The Labute approximate surface area is 161 Å². The fraction of sp³-hybridized carbons (Fsp3) is 0.474. The van der Waals surface area contributed by atoms with Crippen molar-refractivity contribution >= 4 is 21.6 Å². The van der Waals surface area contributed by atoms with Gasteiger partial charge in [0.05, 0.1) is 4.90 Å². The molecule has 0 aliphatic carbocycles. The summed E-state index contributed by atoms with van der Waals surface area (Å²) in [5, 5.41) is 9.65. The Bertz CT molecular complexity index is 899. The van der Waals surface area contributed by atoms with Gasteiger partial charge in [-0.25, -0.2) is 8.42 Å². The molecule has 0 radical (unpaired) electrons. The zero-order chi connectivity index (χ0) is 20.2. The number of aryl methyl sites for hydroxylation is 1. The van der Waals surface area contributed by atoms with Crippen molar-refractivity contribution in [2.45, 2.75) is 45.9 Å². The topological polar surface area (TPSA) is 95.2 Å². The number of sulfonamides is 1. The summed E-state index contributed by atoms with van der Waals surface area (Å²) in [4.78, 5) is 12.7. The molecule has 27 heavy (non-hydrogen) atoms. The largest absolute Gasteiger partial charge is 0.321 e. The molecular formula is C19H28N4O3S. The first-order valence-corrected chi connectivity index (χ1v) is 10.6. The molecule has 8 heteroatoms. The van der Waals surface area contributed by atoms with Crippen LogP contribution in [-0.4, -0.2) is 41.9 Å². The molecule has 1 aromatic heterocycles. The van der Waals surface area contributed by atoms with Crippen LogP contribution in [0.2, 0.25) is 0 Å². The summed E-state index contributed by atoms with van der Waals surface area (Å²) in [5.74, 6) is 0.0718. The number of aromatic nitrogens is 2. The zero-order valence-corrected chi connectivity index (χ0v) is 17.4. The van der Waals surface area contributed by atoms with Crippen LogP contribution >= 0.6 is 0 Å². The van der Waals surface area contributed by atoms with Gasteiger partial charge < -0.3 is 5.32 Å². The monoisotopic (exact) mass is 392 g/mol. The highest BCUT2D eigenvalue weighted by atomic mass is 32.2. The average molecular weight is 393 g/mol. The van der Waals surface area contributed by atoms with Crippen LogP contribution in [0.25, 0.3) is 0 Å². The molecule has 0 aliphatic rings. The number of benzene rings is 1. The number of aromatic amines is 1. The van der Waals surface area contributed by atoms with Gasteiger partial charge in [0.15, 0.2) is 5.69 Å². The number of H-pyrrole nitrogens is 1. The number of anilines is 1. The maximum Gasteiger partial charge on any atom is 0.276 e. The van der Waals surface area contributed by atoms with Crippen LogP contribution in [0.3, 0.4) is 0 Å². The number of hydrogen-bond donors (Lipinski definition) is 2. The van der Waals surface area contributed by atoms with E-state index in [-0.39, 0.29) is 16.5 Å². The molecule has 1 amide bonds. The van der Waals surface area contributed by atoms with Gasteiger partial charge >= 0.3 is 0 Å². The number of rotatable bonds is 8. The molecule has 148 valence electrons. The molecule has 2 N–H and O–H groups in total. The van der Waals surface area contributed by atoms with E-state index in [4.69, 9.17) is 0 Å². The van der Waals surface area contributed by atoms with Crippen LogP contribution < -0.4 is 5.32 Å². The maximum atomic E-state index is 12.8. The minimum Gasteiger partial charge on any atom is -0.321 e. The van der Waals surface area contributed by atoms with Crippen LogP contribution in [0, 0.1) is 12.8 Å². The third-order valence-corrected chi connectivity index (χ3v) is 6.45. The van der Waals surface area contributed by atoms with Gasteiger partial charge in [-0.05, 0) is 43.0 Å². The summed E-state index contributed by atoms with van der Waals surface area (Å²) in [5.41, 5.74) is 2.23. The van der Waals surface area contributed by atoms with Gasteiger partial charge in [-0.3, -0.25) is 9.89 Å². The van der Waals surface area contributed by atoms with Crippen LogP contribution in [0.5, 0.6) is 0 Å². The maximum absolute atomic E-state index is 12.8. The molecule has 0 bridgehead atoms. The summed E-state index contributed by atoms with van der Waals surface area (Å²) in [7, 11) is -3.60. The second kappa shape index (κ2) is 8.67. The van der Waals surface area contributed by atoms with Crippen molar-refractivity contribution in [3.8, 4) is 0 Å². The molecular weight excluding hydrogens is 364 g/mol. The van der Waals surface area contributed by atoms with Crippen molar-refractivity contribution in [1.29, 1.82) is 0 Å². The molecule has 0 atom stereocenters. The number of amides is 1. The number of nitrogens with one attached hydrogen (secondary N) is 2. The van der Waals surface area contributed by atoms with E-state index < -0.39 is 10.0 Å². The summed E-state index contributed by atoms with van der Waals surface area (Å²) in [6, 6.07) is 6.61. The average Bonchev–Trinajstić information content (AvgIpc) is 3.05. The van der Waals surface area contributed by atoms with Gasteiger partial charge in [-0.15, -0.1) is 0 Å². The van der Waals surface area contributed by atoms with Crippen molar-refractivity contribution in [2.75, 3.05) is 18.4 Å². The summed E-state index contributed by atoms with van der Waals surface area (Å²) in [6.45, 7) is 10.3. The van der Waals surface area contributed by atoms with Crippen LogP contribution in [0.4, 0.5) is 5.69 Å². The van der Waals surface area contributed by atoms with E-state index in [1.807, 2.05) is 0 Å². The van der Waals surface area contributed by atoms with Gasteiger partial charge in [-0.2, -0.15) is 9.40 Å². The molecule has 7 nitrogen and oxygen atoms in total. The minimum absolute atomic E-state index is 0.200. The summed E-state index contributed by atoms with van der Waals surface area (Å²) in [6.07, 6.45) is 0.803. The smallest absolute Gasteiger partial charge is 0.276 e. The van der Waals surface area contributed by atoms with E-state index >= 15 is 0 Å². The second-order valence-electron chi connectivity index (χ2n) is 6.90. The normalized spacial score (nSPS) is 12.0. The first-order valence-electron chi connectivity index (χ1n) is 9.15. The Balaban J connectivity index is 2.25. The predicted octanol–water partition coefficient (Wildman–Crippen LogP) is 3.20. The highest BCUT2D eigenvalue weighted by molar-refractivity contribution is 7.89. The molecule has 0 unspecified atom stereocenters. The van der Waals surface area contributed by atoms with Crippen LogP contribution in [-0.2, 0) is 16.4 Å². The van der Waals surface area contributed by atoms with E-state index in [0.29, 0.717) is 30.3 Å². The third-order valence-electron chi connectivity index (χ3n) is 4.26. The molecule has 2 rings (SSSR count).